The van der Waals surface area contributed by atoms with E-state index in [0.29, 0.717) is 18.7 Å². The smallest absolute Gasteiger partial charge is 0.261 e. The van der Waals surface area contributed by atoms with Crippen LogP contribution in [0.15, 0.2) is 57.2 Å². The van der Waals surface area contributed by atoms with Gasteiger partial charge in [0.2, 0.25) is 20.0 Å². The van der Waals surface area contributed by atoms with Gasteiger partial charge in [0.05, 0.1) is 20.4 Å². The van der Waals surface area contributed by atoms with Crippen molar-refractivity contribution in [2.45, 2.75) is 34.5 Å². The standard InChI is InChI=1S/C17H21N3O6S3/c1-13-4-5-14(12-17(13)27(18,21)22)19-28(23,24)15-6-8-16(9-7-15)29(25,26)20-10-2-3-11-20/h4-9,12,19H,2-3,10-11H2,1H3,(H2,18,21,22). The van der Waals surface area contributed by atoms with Crippen molar-refractivity contribution in [3.8, 4) is 0 Å². The molecule has 0 spiro atoms. The summed E-state index contributed by atoms with van der Waals surface area (Å²) < 4.78 is 77.2. The molecular formula is C17H21N3O6S3. The Morgan fingerprint density at radius 1 is 0.862 bits per heavy atom. The van der Waals surface area contributed by atoms with Crippen LogP contribution >= 0.6 is 0 Å². The fourth-order valence-corrected chi connectivity index (χ4v) is 6.43. The number of primary sulfonamides is 1. The maximum absolute atomic E-state index is 12.6. The van der Waals surface area contributed by atoms with Crippen LogP contribution in [0.4, 0.5) is 5.69 Å². The fraction of sp³-hybridized carbons (Fsp3) is 0.294. The summed E-state index contributed by atoms with van der Waals surface area (Å²) in [7, 11) is -11.7. The molecular weight excluding hydrogens is 438 g/mol. The Bertz CT molecular complexity index is 1230. The number of anilines is 1. The Labute approximate surface area is 170 Å². The lowest BCUT2D eigenvalue weighted by Gasteiger charge is -2.16. The zero-order valence-electron chi connectivity index (χ0n) is 15.6. The van der Waals surface area contributed by atoms with E-state index in [9.17, 15) is 25.3 Å². The zero-order chi connectivity index (χ0) is 21.4. The fourth-order valence-electron chi connectivity index (χ4n) is 3.05. The molecule has 1 saturated heterocycles. The summed E-state index contributed by atoms with van der Waals surface area (Å²) in [5, 5.41) is 5.14. The third-order valence-corrected chi connectivity index (χ3v) is 8.95. The second kappa shape index (κ2) is 7.69. The minimum absolute atomic E-state index is 0.0187. The molecule has 0 bridgehead atoms. The highest BCUT2D eigenvalue weighted by atomic mass is 32.2. The predicted molar refractivity (Wildman–Crippen MR) is 108 cm³/mol. The van der Waals surface area contributed by atoms with Gasteiger partial charge in [0.25, 0.3) is 10.0 Å². The molecule has 0 amide bonds. The second-order valence-corrected chi connectivity index (χ2v) is 11.9. The topological polar surface area (TPSA) is 144 Å². The Hall–Kier alpha value is -1.99. The average molecular weight is 460 g/mol. The van der Waals surface area contributed by atoms with Crippen LogP contribution < -0.4 is 9.86 Å². The Balaban J connectivity index is 1.87. The molecule has 0 aromatic heterocycles. The molecule has 2 aromatic carbocycles. The van der Waals surface area contributed by atoms with E-state index in [4.69, 9.17) is 5.14 Å². The number of nitrogens with zero attached hydrogens (tertiary/aromatic N) is 1. The lowest BCUT2D eigenvalue weighted by Crippen LogP contribution is -2.27. The lowest BCUT2D eigenvalue weighted by atomic mass is 10.2. The van der Waals surface area contributed by atoms with Gasteiger partial charge in [0, 0.05) is 13.1 Å². The van der Waals surface area contributed by atoms with Crippen LogP contribution in [0.3, 0.4) is 0 Å². The van der Waals surface area contributed by atoms with Crippen molar-refractivity contribution < 1.29 is 25.3 Å². The molecule has 1 heterocycles. The Morgan fingerprint density at radius 3 is 1.97 bits per heavy atom. The van der Waals surface area contributed by atoms with Crippen molar-refractivity contribution in [3.63, 3.8) is 0 Å². The molecule has 12 heteroatoms. The first-order chi connectivity index (χ1) is 13.4. The minimum atomic E-state index is -4.06. The van der Waals surface area contributed by atoms with Gasteiger partial charge in [-0.05, 0) is 61.7 Å². The molecule has 2 aromatic rings. The maximum atomic E-state index is 12.6. The number of sulfonamides is 3. The predicted octanol–water partition coefficient (Wildman–Crippen LogP) is 1.23. The maximum Gasteiger partial charge on any atom is 0.261 e. The lowest BCUT2D eigenvalue weighted by molar-refractivity contribution is 0.477. The summed E-state index contributed by atoms with van der Waals surface area (Å²) in [6, 6.07) is 8.85. The summed E-state index contributed by atoms with van der Waals surface area (Å²) in [6.45, 7) is 2.44. The van der Waals surface area contributed by atoms with E-state index in [-0.39, 0.29) is 20.4 Å². The average Bonchev–Trinajstić information content (AvgIpc) is 3.18. The summed E-state index contributed by atoms with van der Waals surface area (Å²) >= 11 is 0. The van der Waals surface area contributed by atoms with Crippen LogP contribution in [0, 0.1) is 6.92 Å². The van der Waals surface area contributed by atoms with Gasteiger partial charge in [-0.1, -0.05) is 6.07 Å². The van der Waals surface area contributed by atoms with Crippen LogP contribution in [-0.2, 0) is 30.1 Å². The van der Waals surface area contributed by atoms with E-state index >= 15 is 0 Å². The van der Waals surface area contributed by atoms with E-state index in [1.807, 2.05) is 0 Å². The minimum Gasteiger partial charge on any atom is -0.280 e. The van der Waals surface area contributed by atoms with Crippen LogP contribution in [0.1, 0.15) is 18.4 Å². The van der Waals surface area contributed by atoms with Gasteiger partial charge in [-0.15, -0.1) is 0 Å². The van der Waals surface area contributed by atoms with Gasteiger partial charge in [-0.2, -0.15) is 4.31 Å². The number of nitrogens with one attached hydrogen (secondary N) is 1. The van der Waals surface area contributed by atoms with Crippen molar-refractivity contribution in [1.82, 2.24) is 4.31 Å². The van der Waals surface area contributed by atoms with Crippen LogP contribution in [0.2, 0.25) is 0 Å². The number of aryl methyl sites for hydroxylation is 1. The van der Waals surface area contributed by atoms with Crippen molar-refractivity contribution in [1.29, 1.82) is 0 Å². The van der Waals surface area contributed by atoms with Gasteiger partial charge in [0.1, 0.15) is 0 Å². The van der Waals surface area contributed by atoms with Gasteiger partial charge in [-0.3, -0.25) is 4.72 Å². The van der Waals surface area contributed by atoms with Crippen LogP contribution in [0.25, 0.3) is 0 Å². The molecule has 0 aliphatic carbocycles. The SMILES string of the molecule is Cc1ccc(NS(=O)(=O)c2ccc(S(=O)(=O)N3CCCC3)cc2)cc1S(N)(=O)=O. The van der Waals surface area contributed by atoms with Crippen molar-refractivity contribution in [2.24, 2.45) is 5.14 Å². The Morgan fingerprint density at radius 2 is 1.41 bits per heavy atom. The Kier molecular flexibility index (Phi) is 5.75. The van der Waals surface area contributed by atoms with E-state index in [1.54, 1.807) is 0 Å². The summed E-state index contributed by atoms with van der Waals surface area (Å²) in [5.41, 5.74) is 0.403. The van der Waals surface area contributed by atoms with Gasteiger partial charge in [0.15, 0.2) is 0 Å². The molecule has 29 heavy (non-hydrogen) atoms. The number of nitrogens with two attached hydrogens (primary N) is 1. The summed E-state index contributed by atoms with van der Waals surface area (Å²) in [6.07, 6.45) is 1.60. The van der Waals surface area contributed by atoms with E-state index in [1.165, 1.54) is 47.6 Å². The highest BCUT2D eigenvalue weighted by Crippen LogP contribution is 2.24. The molecule has 3 rings (SSSR count). The molecule has 3 N–H and O–H groups in total. The largest absolute Gasteiger partial charge is 0.280 e. The highest BCUT2D eigenvalue weighted by molar-refractivity contribution is 7.92. The van der Waals surface area contributed by atoms with E-state index < -0.39 is 30.1 Å². The molecule has 1 fully saturated rings. The molecule has 0 saturated carbocycles. The monoisotopic (exact) mass is 459 g/mol. The first-order valence-electron chi connectivity index (χ1n) is 8.68. The first kappa shape index (κ1) is 21.7. The van der Waals surface area contributed by atoms with Gasteiger partial charge < -0.3 is 0 Å². The van der Waals surface area contributed by atoms with Crippen molar-refractivity contribution in [2.75, 3.05) is 17.8 Å². The van der Waals surface area contributed by atoms with Crippen LogP contribution in [0.5, 0.6) is 0 Å². The summed E-state index contributed by atoms with van der Waals surface area (Å²) in [4.78, 5) is -0.328. The van der Waals surface area contributed by atoms with E-state index in [2.05, 4.69) is 4.72 Å². The number of rotatable bonds is 6. The third kappa shape index (κ3) is 4.61. The molecule has 0 radical (unpaired) electrons. The molecule has 0 atom stereocenters. The zero-order valence-corrected chi connectivity index (χ0v) is 18.0. The number of benzene rings is 2. The quantitative estimate of drug-likeness (QED) is 0.665. The molecule has 1 aliphatic heterocycles. The highest BCUT2D eigenvalue weighted by Gasteiger charge is 2.27. The molecule has 1 aliphatic rings. The van der Waals surface area contributed by atoms with Crippen molar-refractivity contribution in [3.05, 3.63) is 48.0 Å². The van der Waals surface area contributed by atoms with Gasteiger partial charge in [-0.25, -0.2) is 30.4 Å². The molecule has 0 unspecified atom stereocenters. The number of hydrogen-bond donors (Lipinski definition) is 2. The van der Waals surface area contributed by atoms with Gasteiger partial charge >= 0.3 is 0 Å². The molecule has 9 nitrogen and oxygen atoms in total. The second-order valence-electron chi connectivity index (χ2n) is 6.71. The normalized spacial score (nSPS) is 16.1. The first-order valence-corrected chi connectivity index (χ1v) is 13.1. The molecule has 158 valence electrons. The van der Waals surface area contributed by atoms with Crippen LogP contribution in [-0.4, -0.2) is 42.6 Å². The third-order valence-electron chi connectivity index (χ3n) is 4.58. The van der Waals surface area contributed by atoms with E-state index in [0.717, 1.165) is 18.9 Å². The summed E-state index contributed by atoms with van der Waals surface area (Å²) in [5.74, 6) is 0. The van der Waals surface area contributed by atoms with Crippen molar-refractivity contribution >= 4 is 35.8 Å². The number of hydrogen-bond acceptors (Lipinski definition) is 6.